The van der Waals surface area contributed by atoms with E-state index in [4.69, 9.17) is 0 Å². The summed E-state index contributed by atoms with van der Waals surface area (Å²) >= 11 is 0. The Morgan fingerprint density at radius 1 is 1.46 bits per heavy atom. The molecule has 1 heterocycles. The normalized spacial score (nSPS) is 34.2. The van der Waals surface area contributed by atoms with Gasteiger partial charge in [0.1, 0.15) is 0 Å². The molecule has 1 saturated carbocycles. The third kappa shape index (κ3) is 1.89. The second-order valence-electron chi connectivity index (χ2n) is 4.73. The maximum atomic E-state index is 3.56. The Labute approximate surface area is 81.7 Å². The van der Waals surface area contributed by atoms with Gasteiger partial charge in [-0.1, -0.05) is 6.92 Å². The fraction of sp³-hybridized carbons (Fsp3) is 1.00. The Hall–Kier alpha value is -0.0800. The van der Waals surface area contributed by atoms with Gasteiger partial charge >= 0.3 is 0 Å². The highest BCUT2D eigenvalue weighted by atomic mass is 15.3. The summed E-state index contributed by atoms with van der Waals surface area (Å²) in [7, 11) is 0. The molecule has 2 nitrogen and oxygen atoms in total. The molecule has 0 aromatic carbocycles. The molecule has 1 saturated heterocycles. The van der Waals surface area contributed by atoms with Crippen LogP contribution in [-0.4, -0.2) is 36.1 Å². The molecule has 0 aromatic rings. The molecule has 0 spiro atoms. The summed E-state index contributed by atoms with van der Waals surface area (Å²) < 4.78 is 0. The lowest BCUT2D eigenvalue weighted by Gasteiger charge is -2.31. The number of nitrogens with zero attached hydrogens (tertiary/aromatic N) is 1. The van der Waals surface area contributed by atoms with Gasteiger partial charge < -0.3 is 5.32 Å². The number of rotatable bonds is 2. The molecule has 1 aliphatic carbocycles. The SMILES string of the molecule is CCC1(N2CCCNC(C)C2)CC1. The zero-order chi connectivity index (χ0) is 9.31. The van der Waals surface area contributed by atoms with Crippen molar-refractivity contribution in [2.75, 3.05) is 19.6 Å². The van der Waals surface area contributed by atoms with Crippen molar-refractivity contribution in [1.29, 1.82) is 0 Å². The minimum atomic E-state index is 0.625. The van der Waals surface area contributed by atoms with Gasteiger partial charge in [-0.15, -0.1) is 0 Å². The molecule has 0 bridgehead atoms. The van der Waals surface area contributed by atoms with Crippen LogP contribution in [0.4, 0.5) is 0 Å². The van der Waals surface area contributed by atoms with Crippen LogP contribution in [0.3, 0.4) is 0 Å². The van der Waals surface area contributed by atoms with E-state index < -0.39 is 0 Å². The van der Waals surface area contributed by atoms with Crippen molar-refractivity contribution in [3.63, 3.8) is 0 Å². The molecule has 1 unspecified atom stereocenters. The smallest absolute Gasteiger partial charge is 0.0209 e. The summed E-state index contributed by atoms with van der Waals surface area (Å²) in [4.78, 5) is 2.73. The van der Waals surface area contributed by atoms with Crippen LogP contribution in [0.15, 0.2) is 0 Å². The lowest BCUT2D eigenvalue weighted by Crippen LogP contribution is -2.42. The van der Waals surface area contributed by atoms with E-state index in [0.29, 0.717) is 11.6 Å². The Morgan fingerprint density at radius 2 is 2.23 bits per heavy atom. The topological polar surface area (TPSA) is 15.3 Å². The largest absolute Gasteiger partial charge is 0.313 e. The van der Waals surface area contributed by atoms with Gasteiger partial charge in [0.2, 0.25) is 0 Å². The van der Waals surface area contributed by atoms with Gasteiger partial charge in [0.15, 0.2) is 0 Å². The minimum absolute atomic E-state index is 0.625. The molecule has 1 atom stereocenters. The minimum Gasteiger partial charge on any atom is -0.313 e. The van der Waals surface area contributed by atoms with E-state index in [0.717, 1.165) is 0 Å². The van der Waals surface area contributed by atoms with E-state index in [1.54, 1.807) is 0 Å². The van der Waals surface area contributed by atoms with Gasteiger partial charge in [-0.05, 0) is 45.7 Å². The van der Waals surface area contributed by atoms with Crippen LogP contribution in [0.2, 0.25) is 0 Å². The van der Waals surface area contributed by atoms with Gasteiger partial charge in [0, 0.05) is 18.1 Å². The van der Waals surface area contributed by atoms with E-state index in [9.17, 15) is 0 Å². The number of nitrogens with one attached hydrogen (secondary N) is 1. The maximum absolute atomic E-state index is 3.56. The summed E-state index contributed by atoms with van der Waals surface area (Å²) in [6.45, 7) is 8.43. The molecule has 0 amide bonds. The van der Waals surface area contributed by atoms with Crippen LogP contribution in [0.25, 0.3) is 0 Å². The second kappa shape index (κ2) is 3.58. The average molecular weight is 182 g/mol. The fourth-order valence-electron chi connectivity index (χ4n) is 2.57. The summed E-state index contributed by atoms with van der Waals surface area (Å²) in [6.07, 6.45) is 5.55. The van der Waals surface area contributed by atoms with Crippen LogP contribution in [0, 0.1) is 0 Å². The molecule has 1 aliphatic heterocycles. The molecule has 13 heavy (non-hydrogen) atoms. The lowest BCUT2D eigenvalue weighted by atomic mass is 10.1. The molecule has 0 radical (unpaired) electrons. The highest BCUT2D eigenvalue weighted by molar-refractivity contribution is 5.03. The molecule has 76 valence electrons. The van der Waals surface area contributed by atoms with Crippen molar-refractivity contribution in [1.82, 2.24) is 10.2 Å². The third-order valence-corrected chi connectivity index (χ3v) is 3.75. The van der Waals surface area contributed by atoms with Gasteiger partial charge in [-0.3, -0.25) is 4.90 Å². The van der Waals surface area contributed by atoms with Gasteiger partial charge in [-0.2, -0.15) is 0 Å². The van der Waals surface area contributed by atoms with Gasteiger partial charge in [0.25, 0.3) is 0 Å². The van der Waals surface area contributed by atoms with Crippen LogP contribution in [0.1, 0.15) is 39.5 Å². The van der Waals surface area contributed by atoms with Gasteiger partial charge in [-0.25, -0.2) is 0 Å². The highest BCUT2D eigenvalue weighted by Gasteiger charge is 2.46. The van der Waals surface area contributed by atoms with Crippen LogP contribution in [0.5, 0.6) is 0 Å². The van der Waals surface area contributed by atoms with E-state index in [-0.39, 0.29) is 0 Å². The molecular weight excluding hydrogens is 160 g/mol. The van der Waals surface area contributed by atoms with Crippen molar-refractivity contribution < 1.29 is 0 Å². The van der Waals surface area contributed by atoms with E-state index in [1.165, 1.54) is 45.3 Å². The maximum Gasteiger partial charge on any atom is 0.0209 e. The predicted molar refractivity (Wildman–Crippen MR) is 55.9 cm³/mol. The zero-order valence-electron chi connectivity index (χ0n) is 8.97. The highest BCUT2D eigenvalue weighted by Crippen LogP contribution is 2.44. The predicted octanol–water partition coefficient (Wildman–Crippen LogP) is 1.61. The summed E-state index contributed by atoms with van der Waals surface area (Å²) in [5.41, 5.74) is 0.625. The quantitative estimate of drug-likeness (QED) is 0.698. The first kappa shape index (κ1) is 9.47. The summed E-state index contributed by atoms with van der Waals surface area (Å²) in [6, 6.07) is 0.687. The number of hydrogen-bond donors (Lipinski definition) is 1. The van der Waals surface area contributed by atoms with Crippen molar-refractivity contribution in [2.24, 2.45) is 0 Å². The van der Waals surface area contributed by atoms with Crippen molar-refractivity contribution in [2.45, 2.75) is 51.1 Å². The standard InChI is InChI=1S/C11H22N2/c1-3-11(5-6-11)13-8-4-7-12-10(2)9-13/h10,12H,3-9H2,1-2H3. The second-order valence-corrected chi connectivity index (χ2v) is 4.73. The molecular formula is C11H22N2. The Morgan fingerprint density at radius 3 is 2.85 bits per heavy atom. The van der Waals surface area contributed by atoms with E-state index in [1.807, 2.05) is 0 Å². The molecule has 0 aromatic heterocycles. The van der Waals surface area contributed by atoms with Gasteiger partial charge in [0.05, 0.1) is 0 Å². The summed E-state index contributed by atoms with van der Waals surface area (Å²) in [5.74, 6) is 0. The molecule has 2 fully saturated rings. The average Bonchev–Trinajstić information content (AvgIpc) is 2.89. The zero-order valence-corrected chi connectivity index (χ0v) is 8.97. The van der Waals surface area contributed by atoms with E-state index >= 15 is 0 Å². The van der Waals surface area contributed by atoms with Crippen LogP contribution in [-0.2, 0) is 0 Å². The lowest BCUT2D eigenvalue weighted by molar-refractivity contribution is 0.171. The van der Waals surface area contributed by atoms with Crippen molar-refractivity contribution in [3.8, 4) is 0 Å². The first-order valence-corrected chi connectivity index (χ1v) is 5.75. The molecule has 1 N–H and O–H groups in total. The Kier molecular flexibility index (Phi) is 2.61. The van der Waals surface area contributed by atoms with Crippen molar-refractivity contribution >= 4 is 0 Å². The molecule has 2 rings (SSSR count). The number of hydrogen-bond acceptors (Lipinski definition) is 2. The monoisotopic (exact) mass is 182 g/mol. The molecule has 2 heteroatoms. The van der Waals surface area contributed by atoms with Crippen LogP contribution < -0.4 is 5.32 Å². The Bertz CT molecular complexity index is 175. The Balaban J connectivity index is 1.97. The first-order chi connectivity index (χ1) is 6.27. The van der Waals surface area contributed by atoms with Crippen LogP contribution >= 0.6 is 0 Å². The summed E-state index contributed by atoms with van der Waals surface area (Å²) in [5, 5.41) is 3.56. The molecule has 2 aliphatic rings. The fourth-order valence-corrected chi connectivity index (χ4v) is 2.57. The first-order valence-electron chi connectivity index (χ1n) is 5.75. The van der Waals surface area contributed by atoms with Crippen molar-refractivity contribution in [3.05, 3.63) is 0 Å². The third-order valence-electron chi connectivity index (χ3n) is 3.75. The van der Waals surface area contributed by atoms with E-state index in [2.05, 4.69) is 24.1 Å².